The molecule has 1 aromatic rings. The first kappa shape index (κ1) is 23.1. The molecule has 1 saturated carbocycles. The van der Waals surface area contributed by atoms with Crippen molar-refractivity contribution in [2.75, 3.05) is 19.7 Å². The van der Waals surface area contributed by atoms with E-state index in [0.717, 1.165) is 32.1 Å². The van der Waals surface area contributed by atoms with Gasteiger partial charge in [0.15, 0.2) is 0 Å². The van der Waals surface area contributed by atoms with Crippen LogP contribution in [0.15, 0.2) is 24.3 Å². The van der Waals surface area contributed by atoms with Gasteiger partial charge in [0.2, 0.25) is 5.91 Å². The Kier molecular flexibility index (Phi) is 8.32. The number of nitrogens with zero attached hydrogens (tertiary/aromatic N) is 1. The molecular formula is C24H34N2O5. The predicted molar refractivity (Wildman–Crippen MR) is 117 cm³/mol. The summed E-state index contributed by atoms with van der Waals surface area (Å²) in [7, 11) is 0. The normalized spacial score (nSPS) is 19.8. The minimum atomic E-state index is -0.858. The number of rotatable bonds is 8. The fraction of sp³-hybridized carbons (Fsp3) is 0.625. The predicted octanol–water partition coefficient (Wildman–Crippen LogP) is 3.32. The van der Waals surface area contributed by atoms with E-state index >= 15 is 0 Å². The number of esters is 1. The largest absolute Gasteiger partial charge is 0.494 e. The van der Waals surface area contributed by atoms with Crippen LogP contribution in [0.3, 0.4) is 0 Å². The summed E-state index contributed by atoms with van der Waals surface area (Å²) in [4.78, 5) is 39.7. The highest BCUT2D eigenvalue weighted by Gasteiger charge is 2.36. The van der Waals surface area contributed by atoms with Crippen molar-refractivity contribution in [1.82, 2.24) is 10.2 Å². The maximum absolute atomic E-state index is 13.2. The van der Waals surface area contributed by atoms with Crippen molar-refractivity contribution in [3.05, 3.63) is 29.8 Å². The zero-order valence-electron chi connectivity index (χ0n) is 18.6. The Balaban J connectivity index is 1.65. The maximum Gasteiger partial charge on any atom is 0.308 e. The Morgan fingerprint density at radius 1 is 1.19 bits per heavy atom. The van der Waals surface area contributed by atoms with E-state index in [2.05, 4.69) is 19.2 Å². The first-order valence-electron chi connectivity index (χ1n) is 11.4. The fourth-order valence-corrected chi connectivity index (χ4v) is 4.03. The molecule has 1 saturated heterocycles. The Labute approximate surface area is 184 Å². The van der Waals surface area contributed by atoms with Gasteiger partial charge in [0.05, 0.1) is 13.0 Å². The molecule has 0 bridgehead atoms. The first-order valence-corrected chi connectivity index (χ1v) is 11.4. The lowest BCUT2D eigenvalue weighted by Gasteiger charge is -2.35. The first-order chi connectivity index (χ1) is 14.9. The van der Waals surface area contributed by atoms with Crippen LogP contribution in [-0.4, -0.2) is 54.5 Å². The lowest BCUT2D eigenvalue weighted by atomic mass is 9.98. The third kappa shape index (κ3) is 6.71. The van der Waals surface area contributed by atoms with E-state index in [1.54, 1.807) is 18.2 Å². The van der Waals surface area contributed by atoms with Crippen LogP contribution in [0.2, 0.25) is 0 Å². The number of carbonyl (C=O) groups is 3. The molecule has 7 heteroatoms. The van der Waals surface area contributed by atoms with Gasteiger partial charge in [-0.3, -0.25) is 14.4 Å². The lowest BCUT2D eigenvalue weighted by molar-refractivity contribution is -0.153. The maximum atomic E-state index is 13.2. The SMILES string of the molecule is CC(C)CCOc1cccc(C(=O)N2CCNC(=O)C2CC(=O)OC2CCCCC2)c1. The highest BCUT2D eigenvalue weighted by Crippen LogP contribution is 2.23. The number of amides is 2. The van der Waals surface area contributed by atoms with E-state index in [1.165, 1.54) is 11.3 Å². The third-order valence-electron chi connectivity index (χ3n) is 5.85. The molecule has 1 aliphatic carbocycles. The molecule has 0 spiro atoms. The van der Waals surface area contributed by atoms with Gasteiger partial charge in [-0.05, 0) is 56.2 Å². The topological polar surface area (TPSA) is 84.9 Å². The number of hydrogen-bond donors (Lipinski definition) is 1. The second kappa shape index (κ2) is 11.2. The Hall–Kier alpha value is -2.57. The van der Waals surface area contributed by atoms with Gasteiger partial charge < -0.3 is 19.7 Å². The number of benzene rings is 1. The van der Waals surface area contributed by atoms with E-state index in [9.17, 15) is 14.4 Å². The zero-order valence-corrected chi connectivity index (χ0v) is 18.6. The zero-order chi connectivity index (χ0) is 22.2. The number of carbonyl (C=O) groups excluding carboxylic acids is 3. The Morgan fingerprint density at radius 2 is 1.97 bits per heavy atom. The molecule has 1 heterocycles. The van der Waals surface area contributed by atoms with Gasteiger partial charge in [0, 0.05) is 18.7 Å². The number of ether oxygens (including phenoxy) is 2. The van der Waals surface area contributed by atoms with E-state index in [1.807, 2.05) is 6.07 Å². The smallest absolute Gasteiger partial charge is 0.308 e. The van der Waals surface area contributed by atoms with Gasteiger partial charge >= 0.3 is 5.97 Å². The van der Waals surface area contributed by atoms with Gasteiger partial charge in [-0.1, -0.05) is 26.3 Å². The van der Waals surface area contributed by atoms with E-state index in [4.69, 9.17) is 9.47 Å². The van der Waals surface area contributed by atoms with Gasteiger partial charge in [-0.25, -0.2) is 0 Å². The molecule has 7 nitrogen and oxygen atoms in total. The van der Waals surface area contributed by atoms with Crippen molar-refractivity contribution in [3.63, 3.8) is 0 Å². The summed E-state index contributed by atoms with van der Waals surface area (Å²) < 4.78 is 11.3. The van der Waals surface area contributed by atoms with Crippen LogP contribution in [0.1, 0.15) is 69.2 Å². The summed E-state index contributed by atoms with van der Waals surface area (Å²) in [6, 6.07) is 6.14. The minimum absolute atomic E-state index is 0.0725. The van der Waals surface area contributed by atoms with Crippen molar-refractivity contribution in [1.29, 1.82) is 0 Å². The van der Waals surface area contributed by atoms with E-state index in [-0.39, 0.29) is 24.3 Å². The van der Waals surface area contributed by atoms with Crippen molar-refractivity contribution in [2.24, 2.45) is 5.92 Å². The molecule has 170 valence electrons. The van der Waals surface area contributed by atoms with Crippen LogP contribution >= 0.6 is 0 Å². The molecule has 0 radical (unpaired) electrons. The van der Waals surface area contributed by atoms with Crippen LogP contribution in [0.5, 0.6) is 5.75 Å². The average Bonchev–Trinajstić information content (AvgIpc) is 2.75. The molecule has 2 amide bonds. The molecule has 2 aliphatic rings. The van der Waals surface area contributed by atoms with Crippen molar-refractivity contribution in [2.45, 2.75) is 70.9 Å². The molecule has 0 aromatic heterocycles. The second-order valence-electron chi connectivity index (χ2n) is 8.82. The van der Waals surface area contributed by atoms with Gasteiger partial charge in [-0.15, -0.1) is 0 Å². The van der Waals surface area contributed by atoms with E-state index in [0.29, 0.717) is 36.9 Å². The van der Waals surface area contributed by atoms with Crippen molar-refractivity contribution >= 4 is 17.8 Å². The molecule has 2 fully saturated rings. The van der Waals surface area contributed by atoms with E-state index < -0.39 is 12.0 Å². The minimum Gasteiger partial charge on any atom is -0.494 e. The monoisotopic (exact) mass is 430 g/mol. The van der Waals surface area contributed by atoms with Crippen LogP contribution in [0, 0.1) is 5.92 Å². The summed E-state index contributed by atoms with van der Waals surface area (Å²) in [6.45, 7) is 5.55. The summed E-state index contributed by atoms with van der Waals surface area (Å²) in [6.07, 6.45) is 5.75. The molecule has 1 aromatic carbocycles. The highest BCUT2D eigenvalue weighted by atomic mass is 16.5. The molecule has 1 aliphatic heterocycles. The number of nitrogens with one attached hydrogen (secondary N) is 1. The molecule has 31 heavy (non-hydrogen) atoms. The highest BCUT2D eigenvalue weighted by molar-refractivity contribution is 5.99. The Morgan fingerprint density at radius 3 is 2.71 bits per heavy atom. The molecular weight excluding hydrogens is 396 g/mol. The second-order valence-corrected chi connectivity index (χ2v) is 8.82. The summed E-state index contributed by atoms with van der Waals surface area (Å²) in [5, 5.41) is 2.76. The van der Waals surface area contributed by atoms with Gasteiger partial charge in [0.25, 0.3) is 5.91 Å². The summed E-state index contributed by atoms with van der Waals surface area (Å²) >= 11 is 0. The molecule has 1 atom stereocenters. The quantitative estimate of drug-likeness (QED) is 0.640. The van der Waals surface area contributed by atoms with Crippen LogP contribution in [0.4, 0.5) is 0 Å². The summed E-state index contributed by atoms with van der Waals surface area (Å²) in [5.41, 5.74) is 0.447. The van der Waals surface area contributed by atoms with Gasteiger partial charge in [0.1, 0.15) is 17.9 Å². The molecule has 1 N–H and O–H groups in total. The van der Waals surface area contributed by atoms with Crippen molar-refractivity contribution in [3.8, 4) is 5.75 Å². The lowest BCUT2D eigenvalue weighted by Crippen LogP contribution is -2.58. The number of hydrogen-bond acceptors (Lipinski definition) is 5. The molecule has 3 rings (SSSR count). The summed E-state index contributed by atoms with van der Waals surface area (Å²) in [5.74, 6) is 0.147. The van der Waals surface area contributed by atoms with Crippen molar-refractivity contribution < 1.29 is 23.9 Å². The standard InChI is InChI=1S/C24H34N2O5/c1-17(2)11-14-30-20-10-6-7-18(15-20)24(29)26-13-12-25-23(28)21(26)16-22(27)31-19-8-4-3-5-9-19/h6-7,10,15,17,19,21H,3-5,8-9,11-14,16H2,1-2H3,(H,25,28). The molecule has 1 unspecified atom stereocenters. The fourth-order valence-electron chi connectivity index (χ4n) is 4.03. The van der Waals surface area contributed by atoms with Gasteiger partial charge in [-0.2, -0.15) is 0 Å². The van der Waals surface area contributed by atoms with Crippen LogP contribution in [-0.2, 0) is 14.3 Å². The Bertz CT molecular complexity index is 773. The average molecular weight is 431 g/mol. The van der Waals surface area contributed by atoms with Crippen LogP contribution < -0.4 is 10.1 Å². The number of piperazine rings is 1. The van der Waals surface area contributed by atoms with Crippen LogP contribution in [0.25, 0.3) is 0 Å². The third-order valence-corrected chi connectivity index (χ3v) is 5.85.